The summed E-state index contributed by atoms with van der Waals surface area (Å²) < 4.78 is 0. The Morgan fingerprint density at radius 2 is 2.17 bits per heavy atom. The lowest BCUT2D eigenvalue weighted by Gasteiger charge is -2.17. The zero-order chi connectivity index (χ0) is 13.5. The Labute approximate surface area is 106 Å². The summed E-state index contributed by atoms with van der Waals surface area (Å²) in [6, 6.07) is 5.17. The van der Waals surface area contributed by atoms with E-state index in [9.17, 15) is 9.59 Å². The van der Waals surface area contributed by atoms with Gasteiger partial charge in [-0.05, 0) is 25.5 Å². The lowest BCUT2D eigenvalue weighted by atomic mass is 9.99. The number of carboxylic acid groups (broad SMARTS) is 1. The standard InChI is InChI=1S/C13H18N2O3/c1-3-9(2)15-13(18)10(8-12(16)17)11-6-4-5-7-14-11/h4-7,9-10H,3,8H2,1-2H3,(H,15,18)(H,16,17). The van der Waals surface area contributed by atoms with Crippen molar-refractivity contribution in [2.45, 2.75) is 38.6 Å². The van der Waals surface area contributed by atoms with E-state index in [4.69, 9.17) is 5.11 Å². The highest BCUT2D eigenvalue weighted by Gasteiger charge is 2.25. The van der Waals surface area contributed by atoms with Crippen molar-refractivity contribution in [2.24, 2.45) is 0 Å². The molecule has 0 aliphatic heterocycles. The van der Waals surface area contributed by atoms with Crippen LogP contribution in [0.5, 0.6) is 0 Å². The molecule has 0 aliphatic carbocycles. The van der Waals surface area contributed by atoms with Crippen LogP contribution in [0, 0.1) is 0 Å². The van der Waals surface area contributed by atoms with E-state index in [0.717, 1.165) is 6.42 Å². The zero-order valence-electron chi connectivity index (χ0n) is 10.6. The molecule has 5 nitrogen and oxygen atoms in total. The summed E-state index contributed by atoms with van der Waals surface area (Å²) in [4.78, 5) is 26.9. The highest BCUT2D eigenvalue weighted by molar-refractivity contribution is 5.87. The molecule has 98 valence electrons. The third-order valence-corrected chi connectivity index (χ3v) is 2.74. The highest BCUT2D eigenvalue weighted by Crippen LogP contribution is 2.18. The fourth-order valence-corrected chi connectivity index (χ4v) is 1.53. The minimum Gasteiger partial charge on any atom is -0.481 e. The van der Waals surface area contributed by atoms with Gasteiger partial charge >= 0.3 is 5.97 Å². The first-order chi connectivity index (χ1) is 8.54. The van der Waals surface area contributed by atoms with Crippen LogP contribution in [-0.4, -0.2) is 28.0 Å². The van der Waals surface area contributed by atoms with E-state index < -0.39 is 11.9 Å². The highest BCUT2D eigenvalue weighted by atomic mass is 16.4. The summed E-state index contributed by atoms with van der Waals surface area (Å²) in [5, 5.41) is 11.7. The predicted octanol–water partition coefficient (Wildman–Crippen LogP) is 1.55. The van der Waals surface area contributed by atoms with Crippen LogP contribution in [0.1, 0.15) is 38.3 Å². The number of nitrogens with zero attached hydrogens (tertiary/aromatic N) is 1. The molecule has 2 atom stereocenters. The molecule has 0 radical (unpaired) electrons. The van der Waals surface area contributed by atoms with E-state index >= 15 is 0 Å². The minimum absolute atomic E-state index is 0.0255. The maximum Gasteiger partial charge on any atom is 0.304 e. The molecule has 0 spiro atoms. The van der Waals surface area contributed by atoms with Gasteiger partial charge < -0.3 is 10.4 Å². The number of rotatable bonds is 6. The fraction of sp³-hybridized carbons (Fsp3) is 0.462. The van der Waals surface area contributed by atoms with Crippen molar-refractivity contribution in [1.82, 2.24) is 10.3 Å². The number of aromatic nitrogens is 1. The lowest BCUT2D eigenvalue weighted by molar-refractivity contribution is -0.139. The number of carbonyl (C=O) groups excluding carboxylic acids is 1. The summed E-state index contributed by atoms with van der Waals surface area (Å²) in [5.41, 5.74) is 0.487. The van der Waals surface area contributed by atoms with E-state index in [0.29, 0.717) is 5.69 Å². The van der Waals surface area contributed by atoms with Crippen molar-refractivity contribution in [1.29, 1.82) is 0 Å². The summed E-state index contributed by atoms with van der Waals surface area (Å²) >= 11 is 0. The van der Waals surface area contributed by atoms with Crippen molar-refractivity contribution in [3.63, 3.8) is 0 Å². The number of pyridine rings is 1. The number of aliphatic carboxylic acids is 1. The quantitative estimate of drug-likeness (QED) is 0.803. The van der Waals surface area contributed by atoms with Crippen molar-refractivity contribution in [3.05, 3.63) is 30.1 Å². The second-order valence-corrected chi connectivity index (χ2v) is 4.22. The molecule has 0 aromatic carbocycles. The maximum atomic E-state index is 12.0. The second kappa shape index (κ2) is 6.74. The van der Waals surface area contributed by atoms with Gasteiger partial charge in [-0.25, -0.2) is 0 Å². The first kappa shape index (κ1) is 14.2. The van der Waals surface area contributed by atoms with Crippen molar-refractivity contribution < 1.29 is 14.7 Å². The molecular weight excluding hydrogens is 232 g/mol. The topological polar surface area (TPSA) is 79.3 Å². The number of hydrogen-bond acceptors (Lipinski definition) is 3. The molecule has 1 rings (SSSR count). The number of amides is 1. The average Bonchev–Trinajstić information content (AvgIpc) is 2.36. The van der Waals surface area contributed by atoms with E-state index in [-0.39, 0.29) is 18.4 Å². The molecule has 5 heteroatoms. The van der Waals surface area contributed by atoms with Gasteiger partial charge in [-0.1, -0.05) is 13.0 Å². The minimum atomic E-state index is -1.01. The van der Waals surface area contributed by atoms with E-state index in [1.165, 1.54) is 0 Å². The molecule has 2 N–H and O–H groups in total. The zero-order valence-corrected chi connectivity index (χ0v) is 10.6. The SMILES string of the molecule is CCC(C)NC(=O)C(CC(=O)O)c1ccccn1. The first-order valence-electron chi connectivity index (χ1n) is 5.97. The lowest BCUT2D eigenvalue weighted by Crippen LogP contribution is -2.37. The smallest absolute Gasteiger partial charge is 0.304 e. The van der Waals surface area contributed by atoms with E-state index in [2.05, 4.69) is 10.3 Å². The summed E-state index contributed by atoms with van der Waals surface area (Å²) in [6.45, 7) is 3.84. The van der Waals surface area contributed by atoms with Crippen LogP contribution in [0.25, 0.3) is 0 Å². The Hall–Kier alpha value is -1.91. The summed E-state index contributed by atoms with van der Waals surface area (Å²) in [6.07, 6.45) is 2.10. The van der Waals surface area contributed by atoms with Crippen molar-refractivity contribution in [2.75, 3.05) is 0 Å². The fourth-order valence-electron chi connectivity index (χ4n) is 1.53. The van der Waals surface area contributed by atoms with Crippen LogP contribution in [0.2, 0.25) is 0 Å². The summed E-state index contributed by atoms with van der Waals surface area (Å²) in [7, 11) is 0. The van der Waals surface area contributed by atoms with Crippen LogP contribution in [0.15, 0.2) is 24.4 Å². The molecule has 1 aromatic heterocycles. The van der Waals surface area contributed by atoms with Crippen molar-refractivity contribution >= 4 is 11.9 Å². The Balaban J connectivity index is 2.85. The molecule has 1 heterocycles. The van der Waals surface area contributed by atoms with Gasteiger partial charge in [-0.2, -0.15) is 0 Å². The normalized spacial score (nSPS) is 13.7. The Kier molecular flexibility index (Phi) is 5.30. The van der Waals surface area contributed by atoms with Crippen LogP contribution in [0.4, 0.5) is 0 Å². The monoisotopic (exact) mass is 250 g/mol. The van der Waals surface area contributed by atoms with Crippen LogP contribution in [0.3, 0.4) is 0 Å². The average molecular weight is 250 g/mol. The molecule has 1 amide bonds. The Bertz CT molecular complexity index is 406. The molecule has 0 bridgehead atoms. The number of carboxylic acids is 1. The van der Waals surface area contributed by atoms with Crippen LogP contribution in [-0.2, 0) is 9.59 Å². The van der Waals surface area contributed by atoms with Gasteiger partial charge in [0.1, 0.15) is 0 Å². The van der Waals surface area contributed by atoms with Crippen molar-refractivity contribution in [3.8, 4) is 0 Å². The van der Waals surface area contributed by atoms with Gasteiger partial charge in [0.25, 0.3) is 0 Å². The van der Waals surface area contributed by atoms with Gasteiger partial charge in [-0.15, -0.1) is 0 Å². The third kappa shape index (κ3) is 4.16. The van der Waals surface area contributed by atoms with Gasteiger partial charge in [0.05, 0.1) is 18.0 Å². The van der Waals surface area contributed by atoms with Crippen LogP contribution >= 0.6 is 0 Å². The van der Waals surface area contributed by atoms with E-state index in [1.54, 1.807) is 24.4 Å². The van der Waals surface area contributed by atoms with Gasteiger partial charge in [0, 0.05) is 12.2 Å². The number of nitrogens with one attached hydrogen (secondary N) is 1. The van der Waals surface area contributed by atoms with Crippen LogP contribution < -0.4 is 5.32 Å². The molecule has 2 unspecified atom stereocenters. The predicted molar refractivity (Wildman–Crippen MR) is 67.1 cm³/mol. The van der Waals surface area contributed by atoms with E-state index in [1.807, 2.05) is 13.8 Å². The maximum absolute atomic E-state index is 12.0. The third-order valence-electron chi connectivity index (χ3n) is 2.74. The number of hydrogen-bond donors (Lipinski definition) is 2. The summed E-state index contributed by atoms with van der Waals surface area (Å²) in [5.74, 6) is -2.03. The molecular formula is C13H18N2O3. The number of carbonyl (C=O) groups is 2. The van der Waals surface area contributed by atoms with Gasteiger partial charge in [-0.3, -0.25) is 14.6 Å². The molecule has 0 saturated carbocycles. The molecule has 1 aromatic rings. The molecule has 0 aliphatic rings. The second-order valence-electron chi connectivity index (χ2n) is 4.22. The molecule has 0 saturated heterocycles. The Morgan fingerprint density at radius 3 is 2.67 bits per heavy atom. The Morgan fingerprint density at radius 1 is 1.44 bits per heavy atom. The van der Waals surface area contributed by atoms with Gasteiger partial charge in [0.2, 0.25) is 5.91 Å². The largest absolute Gasteiger partial charge is 0.481 e. The first-order valence-corrected chi connectivity index (χ1v) is 5.97. The molecule has 18 heavy (non-hydrogen) atoms. The molecule has 0 fully saturated rings. The van der Waals surface area contributed by atoms with Gasteiger partial charge in [0.15, 0.2) is 0 Å².